The molecule has 1 aromatic rings. The van der Waals surface area contributed by atoms with E-state index in [4.69, 9.17) is 4.74 Å². The average molecular weight is 433 g/mol. The summed E-state index contributed by atoms with van der Waals surface area (Å²) in [6, 6.07) is 6.94. The summed E-state index contributed by atoms with van der Waals surface area (Å²) in [6.07, 6.45) is 2.04. The lowest BCUT2D eigenvalue weighted by atomic mass is 9.86. The third kappa shape index (κ3) is 4.09. The average Bonchev–Trinajstić information content (AvgIpc) is 3.21. The van der Waals surface area contributed by atoms with Crippen LogP contribution >= 0.6 is 11.8 Å². The molecule has 2 saturated heterocycles. The zero-order valence-electron chi connectivity index (χ0n) is 18.6. The number of fused-ring (bicyclic) bond motifs is 1. The minimum atomic E-state index is -0.517. The van der Waals surface area contributed by atoms with E-state index in [-0.39, 0.29) is 28.7 Å². The van der Waals surface area contributed by atoms with Gasteiger partial charge in [0.2, 0.25) is 0 Å². The number of piperidine rings is 1. The summed E-state index contributed by atoms with van der Waals surface area (Å²) in [6.45, 7) is 10.8. The second-order valence-electron chi connectivity index (χ2n) is 8.71. The monoisotopic (exact) mass is 432 g/mol. The Kier molecular flexibility index (Phi) is 6.51. The normalized spacial score (nSPS) is 22.6. The highest BCUT2D eigenvalue weighted by Gasteiger charge is 2.53. The van der Waals surface area contributed by atoms with Crippen molar-refractivity contribution in [3.8, 4) is 0 Å². The van der Waals surface area contributed by atoms with Gasteiger partial charge in [0, 0.05) is 17.8 Å². The Hall–Kier alpha value is -2.02. The van der Waals surface area contributed by atoms with E-state index in [9.17, 15) is 14.4 Å². The molecule has 4 rings (SSSR count). The molecule has 0 N–H and O–H groups in total. The van der Waals surface area contributed by atoms with Gasteiger partial charge < -0.3 is 9.64 Å². The van der Waals surface area contributed by atoms with Gasteiger partial charge in [0.15, 0.2) is 0 Å². The molecule has 1 spiro atoms. The number of carbonyl (C=O) groups is 3. The van der Waals surface area contributed by atoms with Crippen LogP contribution in [0.4, 0.5) is 4.79 Å². The lowest BCUT2D eigenvalue weighted by Crippen LogP contribution is -2.56. The van der Waals surface area contributed by atoms with Crippen LogP contribution in [0.15, 0.2) is 24.3 Å². The molecule has 3 aliphatic rings. The van der Waals surface area contributed by atoms with Gasteiger partial charge in [0.05, 0.1) is 17.2 Å². The van der Waals surface area contributed by atoms with E-state index in [0.29, 0.717) is 24.2 Å². The number of thioether (sulfide) groups is 1. The van der Waals surface area contributed by atoms with Crippen LogP contribution in [0.3, 0.4) is 0 Å². The number of nitrogens with zero attached hydrogens (tertiary/aromatic N) is 2. The first-order valence-corrected chi connectivity index (χ1v) is 11.8. The van der Waals surface area contributed by atoms with Crippen LogP contribution in [0.1, 0.15) is 74.6 Å². The number of imide groups is 1. The van der Waals surface area contributed by atoms with E-state index in [1.807, 2.05) is 46.4 Å². The molecular weight excluding hydrogens is 400 g/mol. The van der Waals surface area contributed by atoms with Gasteiger partial charge in [-0.05, 0) is 57.9 Å². The molecule has 7 heteroatoms. The Morgan fingerprint density at radius 1 is 1.07 bits per heavy atom. The molecule has 164 valence electrons. The van der Waals surface area contributed by atoms with Crippen molar-refractivity contribution >= 4 is 29.7 Å². The van der Waals surface area contributed by atoms with Crippen LogP contribution in [-0.4, -0.2) is 62.9 Å². The molecule has 30 heavy (non-hydrogen) atoms. The second-order valence-corrected chi connectivity index (χ2v) is 10.2. The van der Waals surface area contributed by atoms with Gasteiger partial charge in [-0.15, -0.1) is 0 Å². The fourth-order valence-electron chi connectivity index (χ4n) is 4.46. The molecule has 0 aliphatic carbocycles. The minimum absolute atomic E-state index is 0.120. The van der Waals surface area contributed by atoms with Gasteiger partial charge in [-0.25, -0.2) is 4.79 Å². The summed E-state index contributed by atoms with van der Waals surface area (Å²) in [4.78, 5) is 41.5. The largest absolute Gasteiger partial charge is 0.444 e. The number of likely N-dealkylation sites (tertiary alicyclic amines) is 1. The Labute approximate surface area is 183 Å². The Morgan fingerprint density at radius 2 is 1.60 bits per heavy atom. The molecule has 0 aromatic heterocycles. The fourth-order valence-corrected chi connectivity index (χ4v) is 6.09. The maximum Gasteiger partial charge on any atom is 0.410 e. The zero-order valence-corrected chi connectivity index (χ0v) is 19.4. The first kappa shape index (κ1) is 22.7. The minimum Gasteiger partial charge on any atom is -0.444 e. The van der Waals surface area contributed by atoms with Crippen molar-refractivity contribution in [2.75, 3.05) is 18.8 Å². The van der Waals surface area contributed by atoms with Crippen molar-refractivity contribution in [1.82, 2.24) is 9.80 Å². The summed E-state index contributed by atoms with van der Waals surface area (Å²) >= 11 is 1.85. The number of amides is 3. The quantitative estimate of drug-likeness (QED) is 0.608. The van der Waals surface area contributed by atoms with Crippen LogP contribution in [0.2, 0.25) is 0 Å². The first-order chi connectivity index (χ1) is 14.2. The van der Waals surface area contributed by atoms with Gasteiger partial charge in [0.25, 0.3) is 11.8 Å². The van der Waals surface area contributed by atoms with Gasteiger partial charge in [0.1, 0.15) is 5.60 Å². The molecular formula is C23H32N2O4S. The molecule has 2 fully saturated rings. The van der Waals surface area contributed by atoms with Crippen LogP contribution in [-0.2, 0) is 4.74 Å². The molecule has 0 radical (unpaired) electrons. The molecule has 0 bridgehead atoms. The highest BCUT2D eigenvalue weighted by Crippen LogP contribution is 2.49. The molecule has 1 unspecified atom stereocenters. The number of hydrogen-bond acceptors (Lipinski definition) is 5. The second kappa shape index (κ2) is 8.61. The molecule has 3 heterocycles. The number of hydrogen-bond donors (Lipinski definition) is 0. The summed E-state index contributed by atoms with van der Waals surface area (Å²) in [5.41, 5.74) is 0.494. The highest BCUT2D eigenvalue weighted by atomic mass is 32.2. The molecule has 3 aliphatic heterocycles. The predicted molar refractivity (Wildman–Crippen MR) is 119 cm³/mol. The van der Waals surface area contributed by atoms with Gasteiger partial charge in [-0.1, -0.05) is 26.0 Å². The van der Waals surface area contributed by atoms with Crippen molar-refractivity contribution in [2.45, 2.75) is 70.3 Å². The summed E-state index contributed by atoms with van der Waals surface area (Å²) in [5, 5.41) is 0. The third-order valence-corrected chi connectivity index (χ3v) is 7.48. The number of benzene rings is 1. The van der Waals surface area contributed by atoms with Crippen LogP contribution < -0.4 is 0 Å². The maximum atomic E-state index is 13.0. The third-order valence-electron chi connectivity index (χ3n) is 5.79. The number of carbonyl (C=O) groups excluding carboxylic acids is 3. The molecule has 0 saturated carbocycles. The Balaban J connectivity index is 0.00000124. The van der Waals surface area contributed by atoms with E-state index in [1.165, 1.54) is 4.90 Å². The summed E-state index contributed by atoms with van der Waals surface area (Å²) in [7, 11) is 0. The zero-order chi connectivity index (χ0) is 22.1. The predicted octanol–water partition coefficient (Wildman–Crippen LogP) is 4.58. The van der Waals surface area contributed by atoms with E-state index in [0.717, 1.165) is 25.0 Å². The van der Waals surface area contributed by atoms with Gasteiger partial charge in [-0.2, -0.15) is 11.8 Å². The van der Waals surface area contributed by atoms with Crippen molar-refractivity contribution < 1.29 is 19.1 Å². The standard InChI is InChI=1S/C21H26N2O4S.C2H6/c1-20(2,3)27-19(26)22-11-9-21(10-12-22)16(8-13-28-21)23-17(24)14-6-4-5-7-15(14)18(23)25;1-2/h4-7,16H,8-13H2,1-3H3;1-2H3. The first-order valence-electron chi connectivity index (χ1n) is 10.8. The molecule has 3 amide bonds. The van der Waals surface area contributed by atoms with Crippen molar-refractivity contribution in [3.05, 3.63) is 35.4 Å². The van der Waals surface area contributed by atoms with E-state index in [1.54, 1.807) is 29.2 Å². The lowest BCUT2D eigenvalue weighted by Gasteiger charge is -2.44. The smallest absolute Gasteiger partial charge is 0.410 e. The number of rotatable bonds is 1. The van der Waals surface area contributed by atoms with Crippen LogP contribution in [0.25, 0.3) is 0 Å². The summed E-state index contributed by atoms with van der Waals surface area (Å²) in [5.74, 6) is 0.564. The maximum absolute atomic E-state index is 13.0. The lowest BCUT2D eigenvalue weighted by molar-refractivity contribution is 0.0159. The van der Waals surface area contributed by atoms with E-state index < -0.39 is 5.60 Å². The van der Waals surface area contributed by atoms with Crippen molar-refractivity contribution in [3.63, 3.8) is 0 Å². The molecule has 6 nitrogen and oxygen atoms in total. The van der Waals surface area contributed by atoms with Crippen molar-refractivity contribution in [2.24, 2.45) is 0 Å². The van der Waals surface area contributed by atoms with E-state index >= 15 is 0 Å². The molecule has 1 atom stereocenters. The topological polar surface area (TPSA) is 66.9 Å². The SMILES string of the molecule is CC.CC(C)(C)OC(=O)N1CCC2(CC1)SCCC2N1C(=O)c2ccccc2C1=O. The van der Waals surface area contributed by atoms with Crippen molar-refractivity contribution in [1.29, 1.82) is 0 Å². The Bertz CT molecular complexity index is 790. The highest BCUT2D eigenvalue weighted by molar-refractivity contribution is 8.01. The molecule has 1 aromatic carbocycles. The number of ether oxygens (including phenoxy) is 1. The van der Waals surface area contributed by atoms with Gasteiger partial charge in [-0.3, -0.25) is 14.5 Å². The summed E-state index contributed by atoms with van der Waals surface area (Å²) < 4.78 is 5.32. The van der Waals surface area contributed by atoms with Crippen LogP contribution in [0.5, 0.6) is 0 Å². The Morgan fingerprint density at radius 3 is 2.10 bits per heavy atom. The van der Waals surface area contributed by atoms with Crippen LogP contribution in [0, 0.1) is 0 Å². The van der Waals surface area contributed by atoms with Gasteiger partial charge >= 0.3 is 6.09 Å². The fraction of sp³-hybridized carbons (Fsp3) is 0.609. The van der Waals surface area contributed by atoms with E-state index in [2.05, 4.69) is 0 Å².